The molecule has 0 saturated heterocycles. The number of hydroxylamine groups is 1. The predicted molar refractivity (Wildman–Crippen MR) is 91.5 cm³/mol. The van der Waals surface area contributed by atoms with Gasteiger partial charge in [0.15, 0.2) is 5.11 Å². The Bertz CT molecular complexity index is 608. The Labute approximate surface area is 135 Å². The van der Waals surface area contributed by atoms with Gasteiger partial charge in [0, 0.05) is 0 Å². The topological polar surface area (TPSA) is 33.3 Å². The first-order valence-electron chi connectivity index (χ1n) is 6.55. The van der Waals surface area contributed by atoms with Crippen LogP contribution in [-0.4, -0.2) is 5.11 Å². The zero-order valence-electron chi connectivity index (χ0n) is 11.9. The first-order valence-corrected chi connectivity index (χ1v) is 7.34. The van der Waals surface area contributed by atoms with Crippen LogP contribution in [0.5, 0.6) is 0 Å². The number of hydrogen-bond donors (Lipinski definition) is 2. The van der Waals surface area contributed by atoms with Crippen molar-refractivity contribution in [2.75, 3.05) is 5.32 Å². The maximum absolute atomic E-state index is 6.22. The van der Waals surface area contributed by atoms with Crippen molar-refractivity contribution in [3.05, 3.63) is 64.2 Å². The van der Waals surface area contributed by atoms with Gasteiger partial charge >= 0.3 is 0 Å². The van der Waals surface area contributed by atoms with E-state index in [-0.39, 0.29) is 0 Å². The summed E-state index contributed by atoms with van der Waals surface area (Å²) in [6, 6.07) is 13.8. The summed E-state index contributed by atoms with van der Waals surface area (Å²) in [7, 11) is 0. The van der Waals surface area contributed by atoms with Crippen LogP contribution in [0.2, 0.25) is 5.02 Å². The molecule has 0 spiro atoms. The van der Waals surface area contributed by atoms with Gasteiger partial charge in [-0.3, -0.25) is 4.84 Å². The van der Waals surface area contributed by atoms with Crippen LogP contribution in [0.4, 0.5) is 5.69 Å². The van der Waals surface area contributed by atoms with E-state index in [1.165, 1.54) is 0 Å². The highest BCUT2D eigenvalue weighted by Gasteiger charge is 2.07. The Balaban J connectivity index is 1.88. The van der Waals surface area contributed by atoms with E-state index in [2.05, 4.69) is 10.8 Å². The zero-order chi connectivity index (χ0) is 15.2. The lowest BCUT2D eigenvalue weighted by atomic mass is 10.1. The highest BCUT2D eigenvalue weighted by Crippen LogP contribution is 2.27. The Hall–Kier alpha value is -1.62. The first-order chi connectivity index (χ1) is 10.1. The van der Waals surface area contributed by atoms with Crippen LogP contribution in [0.15, 0.2) is 42.5 Å². The van der Waals surface area contributed by atoms with Crippen molar-refractivity contribution in [2.24, 2.45) is 0 Å². The summed E-state index contributed by atoms with van der Waals surface area (Å²) in [6.07, 6.45) is 0. The standard InChI is InChI=1S/C16H17ClN2OS/c1-11-8-12(2)15(14(17)9-11)18-16(21)19-20-10-13-6-4-3-5-7-13/h3-9H,10H2,1-2H3,(H2,18,19,21). The lowest BCUT2D eigenvalue weighted by Gasteiger charge is -2.14. The fourth-order valence-corrected chi connectivity index (χ4v) is 2.50. The number of hydrogen-bond acceptors (Lipinski definition) is 2. The third-order valence-corrected chi connectivity index (χ3v) is 3.40. The lowest BCUT2D eigenvalue weighted by molar-refractivity contribution is 0.0728. The summed E-state index contributed by atoms with van der Waals surface area (Å²) in [5.74, 6) is 0. The zero-order valence-corrected chi connectivity index (χ0v) is 13.5. The number of rotatable bonds is 4. The van der Waals surface area contributed by atoms with Gasteiger partial charge in [-0.15, -0.1) is 0 Å². The number of aryl methyl sites for hydroxylation is 2. The van der Waals surface area contributed by atoms with Crippen molar-refractivity contribution in [1.82, 2.24) is 5.48 Å². The van der Waals surface area contributed by atoms with E-state index in [0.29, 0.717) is 16.7 Å². The summed E-state index contributed by atoms with van der Waals surface area (Å²) in [4.78, 5) is 5.36. The number of anilines is 1. The summed E-state index contributed by atoms with van der Waals surface area (Å²) in [5, 5.41) is 4.07. The van der Waals surface area contributed by atoms with Gasteiger partial charge in [-0.05, 0) is 48.8 Å². The summed E-state index contributed by atoms with van der Waals surface area (Å²) in [5.41, 5.74) is 6.72. The third-order valence-electron chi connectivity index (χ3n) is 2.92. The smallest absolute Gasteiger partial charge is 0.195 e. The van der Waals surface area contributed by atoms with Crippen LogP contribution in [0.3, 0.4) is 0 Å². The maximum Gasteiger partial charge on any atom is 0.195 e. The quantitative estimate of drug-likeness (QED) is 0.647. The Kier molecular flexibility index (Phi) is 5.56. The molecule has 2 N–H and O–H groups in total. The molecule has 0 heterocycles. The van der Waals surface area contributed by atoms with Gasteiger partial charge in [0.25, 0.3) is 0 Å². The second-order valence-corrected chi connectivity index (χ2v) is 5.58. The third kappa shape index (κ3) is 4.70. The average molecular weight is 321 g/mol. The number of thiocarbonyl (C=S) groups is 1. The molecule has 0 radical (unpaired) electrons. The van der Waals surface area contributed by atoms with Gasteiger partial charge < -0.3 is 5.32 Å². The van der Waals surface area contributed by atoms with E-state index < -0.39 is 0 Å². The molecule has 0 aliphatic carbocycles. The van der Waals surface area contributed by atoms with Crippen LogP contribution in [-0.2, 0) is 11.4 Å². The number of nitrogens with one attached hydrogen (secondary N) is 2. The van der Waals surface area contributed by atoms with Crippen LogP contribution in [0, 0.1) is 13.8 Å². The van der Waals surface area contributed by atoms with Gasteiger partial charge in [0.1, 0.15) is 0 Å². The van der Waals surface area contributed by atoms with Crippen molar-refractivity contribution in [2.45, 2.75) is 20.5 Å². The summed E-state index contributed by atoms with van der Waals surface area (Å²) < 4.78 is 0. The van der Waals surface area contributed by atoms with Crippen LogP contribution in [0.1, 0.15) is 16.7 Å². The second-order valence-electron chi connectivity index (χ2n) is 4.77. The van der Waals surface area contributed by atoms with E-state index in [0.717, 1.165) is 22.4 Å². The van der Waals surface area contributed by atoms with Crippen molar-refractivity contribution in [3.63, 3.8) is 0 Å². The first kappa shape index (κ1) is 15.8. The number of benzene rings is 2. The van der Waals surface area contributed by atoms with Crippen LogP contribution in [0.25, 0.3) is 0 Å². The summed E-state index contributed by atoms with van der Waals surface area (Å²) in [6.45, 7) is 4.42. The largest absolute Gasteiger partial charge is 0.330 e. The van der Waals surface area contributed by atoms with Crippen molar-refractivity contribution >= 4 is 34.6 Å². The molecule has 0 amide bonds. The van der Waals surface area contributed by atoms with Crippen LogP contribution >= 0.6 is 23.8 Å². The minimum absolute atomic E-state index is 0.375. The Morgan fingerprint density at radius 1 is 1.19 bits per heavy atom. The monoisotopic (exact) mass is 320 g/mol. The van der Waals surface area contributed by atoms with Crippen molar-refractivity contribution in [3.8, 4) is 0 Å². The minimum atomic E-state index is 0.375. The molecule has 0 unspecified atom stereocenters. The number of halogens is 1. The fourth-order valence-electron chi connectivity index (χ4n) is 1.97. The molecule has 0 fully saturated rings. The molecular formula is C16H17ClN2OS. The molecular weight excluding hydrogens is 304 g/mol. The van der Waals surface area contributed by atoms with Gasteiger partial charge in [-0.1, -0.05) is 48.0 Å². The van der Waals surface area contributed by atoms with E-state index in [1.807, 2.05) is 56.3 Å². The minimum Gasteiger partial charge on any atom is -0.330 e. The molecule has 0 atom stereocenters. The molecule has 0 aliphatic heterocycles. The SMILES string of the molecule is Cc1cc(C)c(NC(=S)NOCc2ccccc2)c(Cl)c1. The van der Waals surface area contributed by atoms with Gasteiger partial charge in [-0.2, -0.15) is 0 Å². The molecule has 2 aromatic carbocycles. The average Bonchev–Trinajstić information content (AvgIpc) is 2.44. The molecule has 0 aliphatic rings. The molecule has 3 nitrogen and oxygen atoms in total. The molecule has 0 aromatic heterocycles. The molecule has 2 aromatic rings. The van der Waals surface area contributed by atoms with E-state index in [1.54, 1.807) is 0 Å². The Morgan fingerprint density at radius 2 is 1.90 bits per heavy atom. The van der Waals surface area contributed by atoms with E-state index in [9.17, 15) is 0 Å². The predicted octanol–water partition coefficient (Wildman–Crippen LogP) is 4.38. The highest BCUT2D eigenvalue weighted by molar-refractivity contribution is 7.80. The second kappa shape index (κ2) is 7.41. The van der Waals surface area contributed by atoms with Gasteiger partial charge in [0.2, 0.25) is 0 Å². The fraction of sp³-hybridized carbons (Fsp3) is 0.188. The maximum atomic E-state index is 6.22. The molecule has 110 valence electrons. The molecule has 21 heavy (non-hydrogen) atoms. The molecule has 0 bridgehead atoms. The molecule has 0 saturated carbocycles. The highest BCUT2D eigenvalue weighted by atomic mass is 35.5. The normalized spacial score (nSPS) is 10.2. The van der Waals surface area contributed by atoms with Crippen molar-refractivity contribution < 1.29 is 4.84 Å². The lowest BCUT2D eigenvalue weighted by Crippen LogP contribution is -2.28. The van der Waals surface area contributed by atoms with E-state index in [4.69, 9.17) is 28.7 Å². The van der Waals surface area contributed by atoms with Crippen molar-refractivity contribution in [1.29, 1.82) is 0 Å². The van der Waals surface area contributed by atoms with Gasteiger partial charge in [-0.25, -0.2) is 5.48 Å². The summed E-state index contributed by atoms with van der Waals surface area (Å²) >= 11 is 11.4. The van der Waals surface area contributed by atoms with Crippen LogP contribution < -0.4 is 10.8 Å². The molecule has 5 heteroatoms. The van der Waals surface area contributed by atoms with Gasteiger partial charge in [0.05, 0.1) is 17.3 Å². The van der Waals surface area contributed by atoms with E-state index >= 15 is 0 Å². The Morgan fingerprint density at radius 3 is 2.57 bits per heavy atom. The molecule has 2 rings (SSSR count).